The van der Waals surface area contributed by atoms with Gasteiger partial charge in [0.25, 0.3) is 0 Å². The van der Waals surface area contributed by atoms with Crippen molar-refractivity contribution in [2.75, 3.05) is 0 Å². The molecule has 0 aliphatic carbocycles. The molecular weight excluding hydrogens is 206 g/mol. The molecule has 3 N–H and O–H groups in total. The number of carboxylic acid groups (broad SMARTS) is 1. The molecule has 1 unspecified atom stereocenters. The Morgan fingerprint density at radius 1 is 1.79 bits per heavy atom. The van der Waals surface area contributed by atoms with Crippen molar-refractivity contribution in [2.45, 2.75) is 19.4 Å². The number of rotatable bonds is 3. The fraction of sp³-hybridized carbons (Fsp3) is 0.375. The highest BCUT2D eigenvalue weighted by Crippen LogP contribution is 2.14. The summed E-state index contributed by atoms with van der Waals surface area (Å²) in [5.41, 5.74) is 6.57. The molecule has 76 valence electrons. The van der Waals surface area contributed by atoms with Crippen LogP contribution >= 0.6 is 11.6 Å². The molecule has 0 aliphatic heterocycles. The van der Waals surface area contributed by atoms with Crippen molar-refractivity contribution in [3.05, 3.63) is 22.7 Å². The largest absolute Gasteiger partial charge is 0.481 e. The van der Waals surface area contributed by atoms with Gasteiger partial charge in [0, 0.05) is 0 Å². The Balaban J connectivity index is 2.85. The number of carbonyl (C=O) groups is 1. The van der Waals surface area contributed by atoms with E-state index >= 15 is 0 Å². The minimum absolute atomic E-state index is 0.171. The maximum Gasteiger partial charge on any atom is 0.305 e. The van der Waals surface area contributed by atoms with Crippen LogP contribution in [0.3, 0.4) is 0 Å². The molecule has 6 heteroatoms. The van der Waals surface area contributed by atoms with Gasteiger partial charge >= 0.3 is 5.97 Å². The van der Waals surface area contributed by atoms with Crippen molar-refractivity contribution in [1.82, 2.24) is 9.97 Å². The maximum atomic E-state index is 10.4. The molecular formula is C8H10ClN3O2. The van der Waals surface area contributed by atoms with Crippen molar-refractivity contribution in [2.24, 2.45) is 5.73 Å². The summed E-state index contributed by atoms with van der Waals surface area (Å²) in [6, 6.07) is -0.643. The van der Waals surface area contributed by atoms with E-state index in [0.29, 0.717) is 16.5 Å². The van der Waals surface area contributed by atoms with Gasteiger partial charge in [-0.2, -0.15) is 0 Å². The van der Waals surface area contributed by atoms with E-state index in [1.54, 1.807) is 6.92 Å². The summed E-state index contributed by atoms with van der Waals surface area (Å²) in [7, 11) is 0. The van der Waals surface area contributed by atoms with E-state index in [2.05, 4.69) is 9.97 Å². The molecule has 14 heavy (non-hydrogen) atoms. The third-order valence-corrected chi connectivity index (χ3v) is 2.05. The van der Waals surface area contributed by atoms with E-state index in [9.17, 15) is 4.79 Å². The number of aliphatic carboxylic acids is 1. The fourth-order valence-corrected chi connectivity index (χ4v) is 1.05. The first kappa shape index (κ1) is 10.9. The van der Waals surface area contributed by atoms with Crippen LogP contribution in [0.2, 0.25) is 5.15 Å². The third-order valence-electron chi connectivity index (χ3n) is 1.68. The number of aromatic nitrogens is 2. The summed E-state index contributed by atoms with van der Waals surface area (Å²) in [6.07, 6.45) is 1.22. The van der Waals surface area contributed by atoms with Crippen LogP contribution in [0.4, 0.5) is 0 Å². The fourth-order valence-electron chi connectivity index (χ4n) is 0.956. The average Bonchev–Trinajstić information content (AvgIpc) is 2.08. The summed E-state index contributed by atoms with van der Waals surface area (Å²) >= 11 is 5.66. The monoisotopic (exact) mass is 215 g/mol. The van der Waals surface area contributed by atoms with Crippen LogP contribution in [0.15, 0.2) is 6.20 Å². The minimum Gasteiger partial charge on any atom is -0.481 e. The van der Waals surface area contributed by atoms with Gasteiger partial charge in [0.15, 0.2) is 0 Å². The van der Waals surface area contributed by atoms with Crippen LogP contribution in [0.5, 0.6) is 0 Å². The molecule has 0 amide bonds. The van der Waals surface area contributed by atoms with E-state index in [4.69, 9.17) is 22.4 Å². The lowest BCUT2D eigenvalue weighted by molar-refractivity contribution is -0.137. The van der Waals surface area contributed by atoms with Crippen LogP contribution in [-0.2, 0) is 4.79 Å². The van der Waals surface area contributed by atoms with Gasteiger partial charge in [-0.3, -0.25) is 9.78 Å². The predicted octanol–water partition coefficient (Wildman–Crippen LogP) is 0.913. The number of nitrogens with zero attached hydrogens (tertiary/aromatic N) is 2. The first-order valence-electron chi connectivity index (χ1n) is 3.97. The Morgan fingerprint density at radius 2 is 2.43 bits per heavy atom. The standard InChI is InChI=1S/C8H10ClN3O2/c1-4-8(9)11-3-6(12-4)5(10)2-7(13)14/h3,5H,2,10H2,1H3,(H,13,14). The number of aryl methyl sites for hydroxylation is 1. The number of halogens is 1. The van der Waals surface area contributed by atoms with Crippen molar-refractivity contribution in [3.63, 3.8) is 0 Å². The Bertz CT molecular complexity index is 356. The van der Waals surface area contributed by atoms with Gasteiger partial charge in [-0.1, -0.05) is 11.6 Å². The van der Waals surface area contributed by atoms with E-state index in [-0.39, 0.29) is 6.42 Å². The highest BCUT2D eigenvalue weighted by molar-refractivity contribution is 6.29. The van der Waals surface area contributed by atoms with E-state index in [0.717, 1.165) is 0 Å². The van der Waals surface area contributed by atoms with Crippen molar-refractivity contribution in [3.8, 4) is 0 Å². The van der Waals surface area contributed by atoms with Gasteiger partial charge in [-0.15, -0.1) is 0 Å². The molecule has 1 aromatic heterocycles. The molecule has 1 aromatic rings. The summed E-state index contributed by atoms with van der Waals surface area (Å²) in [4.78, 5) is 18.3. The summed E-state index contributed by atoms with van der Waals surface area (Å²) in [5, 5.41) is 8.82. The first-order chi connectivity index (χ1) is 6.50. The second-order valence-electron chi connectivity index (χ2n) is 2.88. The van der Waals surface area contributed by atoms with Crippen molar-refractivity contribution < 1.29 is 9.90 Å². The Morgan fingerprint density at radius 3 is 2.93 bits per heavy atom. The number of hydrogen-bond donors (Lipinski definition) is 2. The predicted molar refractivity (Wildman–Crippen MR) is 51.0 cm³/mol. The smallest absolute Gasteiger partial charge is 0.305 e. The van der Waals surface area contributed by atoms with Crippen LogP contribution < -0.4 is 5.73 Å². The summed E-state index contributed by atoms with van der Waals surface area (Å²) in [5.74, 6) is -0.966. The number of carboxylic acids is 1. The molecule has 0 bridgehead atoms. The van der Waals surface area contributed by atoms with Gasteiger partial charge in [0.2, 0.25) is 0 Å². The summed E-state index contributed by atoms with van der Waals surface area (Å²) < 4.78 is 0. The Labute approximate surface area is 85.9 Å². The molecule has 0 fully saturated rings. The quantitative estimate of drug-likeness (QED) is 0.783. The minimum atomic E-state index is -0.966. The molecule has 5 nitrogen and oxygen atoms in total. The van der Waals surface area contributed by atoms with E-state index in [1.807, 2.05) is 0 Å². The van der Waals surface area contributed by atoms with Gasteiger partial charge in [0.1, 0.15) is 5.15 Å². The van der Waals surface area contributed by atoms with Crippen LogP contribution in [0.1, 0.15) is 23.9 Å². The lowest BCUT2D eigenvalue weighted by atomic mass is 10.1. The normalized spacial score (nSPS) is 12.5. The molecule has 1 atom stereocenters. The lowest BCUT2D eigenvalue weighted by Crippen LogP contribution is -2.17. The van der Waals surface area contributed by atoms with Crippen LogP contribution in [0.25, 0.3) is 0 Å². The van der Waals surface area contributed by atoms with E-state index < -0.39 is 12.0 Å². The zero-order chi connectivity index (χ0) is 10.7. The lowest BCUT2D eigenvalue weighted by Gasteiger charge is -2.08. The molecule has 0 radical (unpaired) electrons. The molecule has 0 saturated heterocycles. The van der Waals surface area contributed by atoms with Crippen LogP contribution in [0, 0.1) is 6.92 Å². The maximum absolute atomic E-state index is 10.4. The molecule has 0 aliphatic rings. The SMILES string of the molecule is Cc1nc(C(N)CC(=O)O)cnc1Cl. The second-order valence-corrected chi connectivity index (χ2v) is 3.23. The van der Waals surface area contributed by atoms with E-state index in [1.165, 1.54) is 6.20 Å². The van der Waals surface area contributed by atoms with Crippen molar-refractivity contribution >= 4 is 17.6 Å². The van der Waals surface area contributed by atoms with Gasteiger partial charge < -0.3 is 10.8 Å². The van der Waals surface area contributed by atoms with Crippen molar-refractivity contribution in [1.29, 1.82) is 0 Å². The van der Waals surface area contributed by atoms with Gasteiger partial charge in [-0.05, 0) is 6.92 Å². The second kappa shape index (κ2) is 4.34. The zero-order valence-corrected chi connectivity index (χ0v) is 8.32. The molecule has 0 aromatic carbocycles. The molecule has 1 heterocycles. The Hall–Kier alpha value is -1.20. The topological polar surface area (TPSA) is 89.1 Å². The number of hydrogen-bond acceptors (Lipinski definition) is 4. The molecule has 0 saturated carbocycles. The molecule has 1 rings (SSSR count). The zero-order valence-electron chi connectivity index (χ0n) is 7.57. The third kappa shape index (κ3) is 2.65. The Kier molecular flexibility index (Phi) is 3.38. The average molecular weight is 216 g/mol. The number of nitrogens with two attached hydrogens (primary N) is 1. The summed E-state index contributed by atoms with van der Waals surface area (Å²) in [6.45, 7) is 1.69. The highest BCUT2D eigenvalue weighted by Gasteiger charge is 2.13. The van der Waals surface area contributed by atoms with Gasteiger partial charge in [0.05, 0.1) is 30.0 Å². The molecule has 0 spiro atoms. The van der Waals surface area contributed by atoms with Crippen LogP contribution in [-0.4, -0.2) is 21.0 Å². The highest BCUT2D eigenvalue weighted by atomic mass is 35.5. The first-order valence-corrected chi connectivity index (χ1v) is 4.35. The van der Waals surface area contributed by atoms with Gasteiger partial charge in [-0.25, -0.2) is 4.98 Å².